The third kappa shape index (κ3) is 4.50. The predicted octanol–water partition coefficient (Wildman–Crippen LogP) is 1.61. The highest BCUT2D eigenvalue weighted by Gasteiger charge is 2.17. The quantitative estimate of drug-likeness (QED) is 0.840. The first-order chi connectivity index (χ1) is 11.7. The molecule has 1 atom stereocenters. The van der Waals surface area contributed by atoms with Crippen LogP contribution in [-0.2, 0) is 11.3 Å². The third-order valence-corrected chi connectivity index (χ3v) is 4.12. The van der Waals surface area contributed by atoms with Crippen molar-refractivity contribution in [1.29, 1.82) is 0 Å². The lowest BCUT2D eigenvalue weighted by molar-refractivity contribution is -0.0117. The van der Waals surface area contributed by atoms with E-state index in [1.807, 2.05) is 19.4 Å². The Bertz CT molecular complexity index is 646. The molecule has 2 heterocycles. The van der Waals surface area contributed by atoms with Gasteiger partial charge in [-0.15, -0.1) is 0 Å². The zero-order valence-electron chi connectivity index (χ0n) is 14.3. The van der Waals surface area contributed by atoms with E-state index in [1.54, 1.807) is 0 Å². The van der Waals surface area contributed by atoms with Gasteiger partial charge in [-0.05, 0) is 31.3 Å². The molecule has 0 amide bonds. The summed E-state index contributed by atoms with van der Waals surface area (Å²) in [6.45, 7) is 4.29. The van der Waals surface area contributed by atoms with Gasteiger partial charge in [0.25, 0.3) is 0 Å². The second-order valence-corrected chi connectivity index (χ2v) is 6.16. The summed E-state index contributed by atoms with van der Waals surface area (Å²) in [4.78, 5) is 11.1. The molecule has 24 heavy (non-hydrogen) atoms. The van der Waals surface area contributed by atoms with E-state index in [0.717, 1.165) is 43.9 Å². The van der Waals surface area contributed by atoms with Gasteiger partial charge in [-0.25, -0.2) is 9.97 Å². The Morgan fingerprint density at radius 2 is 2.08 bits per heavy atom. The van der Waals surface area contributed by atoms with Crippen LogP contribution in [0.5, 0.6) is 0 Å². The van der Waals surface area contributed by atoms with Crippen LogP contribution in [0.15, 0.2) is 36.7 Å². The number of likely N-dealkylation sites (N-methyl/N-ethyl adjacent to an activating group) is 1. The lowest BCUT2D eigenvalue weighted by Gasteiger charge is -2.30. The second kappa shape index (κ2) is 8.19. The Morgan fingerprint density at radius 1 is 1.25 bits per heavy atom. The van der Waals surface area contributed by atoms with Gasteiger partial charge in [0, 0.05) is 44.1 Å². The average Bonchev–Trinajstić information content (AvgIpc) is 2.61. The van der Waals surface area contributed by atoms with Crippen molar-refractivity contribution in [2.75, 3.05) is 45.7 Å². The minimum Gasteiger partial charge on any atom is -0.374 e. The number of nitrogens with zero attached hydrogens (tertiary/aromatic N) is 3. The molecule has 0 bridgehead atoms. The monoisotopic (exact) mass is 327 g/mol. The van der Waals surface area contributed by atoms with Gasteiger partial charge in [0.2, 0.25) is 5.95 Å². The summed E-state index contributed by atoms with van der Waals surface area (Å²) >= 11 is 0. The number of benzene rings is 1. The molecule has 2 aromatic rings. The van der Waals surface area contributed by atoms with E-state index < -0.39 is 0 Å². The fraction of sp³-hybridized carbons (Fsp3) is 0.444. The van der Waals surface area contributed by atoms with E-state index in [2.05, 4.69) is 56.8 Å². The number of hydrogen-bond donors (Lipinski definition) is 2. The fourth-order valence-corrected chi connectivity index (χ4v) is 2.83. The summed E-state index contributed by atoms with van der Waals surface area (Å²) in [7, 11) is 4.06. The minimum atomic E-state index is 0.185. The number of nitrogens with one attached hydrogen (secondary N) is 2. The number of morpholine rings is 1. The van der Waals surface area contributed by atoms with E-state index in [4.69, 9.17) is 4.74 Å². The highest BCUT2D eigenvalue weighted by Crippen LogP contribution is 2.19. The number of ether oxygens (including phenoxy) is 1. The molecule has 1 aromatic heterocycles. The van der Waals surface area contributed by atoms with Crippen LogP contribution in [0.25, 0.3) is 11.1 Å². The highest BCUT2D eigenvalue weighted by molar-refractivity contribution is 5.62. The van der Waals surface area contributed by atoms with Crippen LogP contribution in [0.3, 0.4) is 0 Å². The number of rotatable bonds is 6. The first kappa shape index (κ1) is 16.8. The van der Waals surface area contributed by atoms with Crippen molar-refractivity contribution < 1.29 is 4.74 Å². The van der Waals surface area contributed by atoms with Gasteiger partial charge in [0.1, 0.15) is 0 Å². The van der Waals surface area contributed by atoms with Crippen molar-refractivity contribution in [2.24, 2.45) is 0 Å². The van der Waals surface area contributed by atoms with Gasteiger partial charge in [-0.1, -0.05) is 18.2 Å². The summed E-state index contributed by atoms with van der Waals surface area (Å²) in [6.07, 6.45) is 3.91. The molecule has 0 radical (unpaired) electrons. The molecule has 6 nitrogen and oxygen atoms in total. The largest absolute Gasteiger partial charge is 0.374 e. The molecule has 1 aliphatic heterocycles. The number of anilines is 1. The number of aromatic nitrogens is 2. The molecule has 1 aliphatic rings. The molecule has 1 saturated heterocycles. The summed E-state index contributed by atoms with van der Waals surface area (Å²) < 4.78 is 5.73. The maximum absolute atomic E-state index is 5.73. The van der Waals surface area contributed by atoms with Gasteiger partial charge in [0.05, 0.1) is 12.7 Å². The van der Waals surface area contributed by atoms with Crippen molar-refractivity contribution in [3.05, 3.63) is 42.2 Å². The van der Waals surface area contributed by atoms with E-state index in [0.29, 0.717) is 5.95 Å². The predicted molar refractivity (Wildman–Crippen MR) is 96.0 cm³/mol. The van der Waals surface area contributed by atoms with Crippen LogP contribution in [0.4, 0.5) is 5.95 Å². The topological polar surface area (TPSA) is 62.3 Å². The Labute approximate surface area is 143 Å². The molecule has 1 fully saturated rings. The SMILES string of the molecule is CNCc1cccc(-c2cnc(NCC3CN(C)CCO3)nc2)c1. The zero-order chi connectivity index (χ0) is 16.8. The van der Waals surface area contributed by atoms with Gasteiger partial charge in [0.15, 0.2) is 0 Å². The molecule has 0 saturated carbocycles. The average molecular weight is 327 g/mol. The Hall–Kier alpha value is -2.02. The fourth-order valence-electron chi connectivity index (χ4n) is 2.83. The molecule has 3 rings (SSSR count). The third-order valence-electron chi connectivity index (χ3n) is 4.12. The Morgan fingerprint density at radius 3 is 2.83 bits per heavy atom. The first-order valence-electron chi connectivity index (χ1n) is 8.34. The normalized spacial score (nSPS) is 18.5. The summed E-state index contributed by atoms with van der Waals surface area (Å²) in [6, 6.07) is 8.41. The maximum atomic E-state index is 5.73. The molecular formula is C18H25N5O. The van der Waals surface area contributed by atoms with Crippen LogP contribution in [-0.4, -0.2) is 61.3 Å². The van der Waals surface area contributed by atoms with Crippen molar-refractivity contribution in [1.82, 2.24) is 20.2 Å². The zero-order valence-corrected chi connectivity index (χ0v) is 14.3. The Balaban J connectivity index is 1.60. The number of hydrogen-bond acceptors (Lipinski definition) is 6. The van der Waals surface area contributed by atoms with E-state index >= 15 is 0 Å². The van der Waals surface area contributed by atoms with Crippen molar-refractivity contribution in [2.45, 2.75) is 12.6 Å². The molecule has 2 N–H and O–H groups in total. The van der Waals surface area contributed by atoms with Gasteiger partial charge in [-0.3, -0.25) is 0 Å². The molecule has 6 heteroatoms. The lowest BCUT2D eigenvalue weighted by Crippen LogP contribution is -2.43. The smallest absolute Gasteiger partial charge is 0.222 e. The molecule has 1 aromatic carbocycles. The van der Waals surface area contributed by atoms with E-state index in [9.17, 15) is 0 Å². The first-order valence-corrected chi connectivity index (χ1v) is 8.34. The standard InChI is InChI=1S/C18H25N5O/c1-19-9-14-4-3-5-15(8-14)16-10-20-18(21-11-16)22-12-17-13-23(2)6-7-24-17/h3-5,8,10-11,17,19H,6-7,9,12-13H2,1-2H3,(H,20,21,22). The van der Waals surface area contributed by atoms with Gasteiger partial charge < -0.3 is 20.3 Å². The molecule has 0 spiro atoms. The molecular weight excluding hydrogens is 302 g/mol. The lowest BCUT2D eigenvalue weighted by atomic mass is 10.1. The Kier molecular flexibility index (Phi) is 5.74. The van der Waals surface area contributed by atoms with Crippen LogP contribution >= 0.6 is 0 Å². The summed E-state index contributed by atoms with van der Waals surface area (Å²) in [5.41, 5.74) is 3.40. The second-order valence-electron chi connectivity index (χ2n) is 6.16. The summed E-state index contributed by atoms with van der Waals surface area (Å²) in [5, 5.41) is 6.43. The molecule has 128 valence electrons. The minimum absolute atomic E-state index is 0.185. The molecule has 1 unspecified atom stereocenters. The van der Waals surface area contributed by atoms with Crippen LogP contribution in [0, 0.1) is 0 Å². The summed E-state index contributed by atoms with van der Waals surface area (Å²) in [5.74, 6) is 0.641. The van der Waals surface area contributed by atoms with Crippen LogP contribution < -0.4 is 10.6 Å². The van der Waals surface area contributed by atoms with E-state index in [-0.39, 0.29) is 6.10 Å². The van der Waals surface area contributed by atoms with Crippen molar-refractivity contribution in [3.63, 3.8) is 0 Å². The van der Waals surface area contributed by atoms with Crippen LogP contribution in [0.2, 0.25) is 0 Å². The van der Waals surface area contributed by atoms with Gasteiger partial charge >= 0.3 is 0 Å². The van der Waals surface area contributed by atoms with Crippen LogP contribution in [0.1, 0.15) is 5.56 Å². The van der Waals surface area contributed by atoms with Crippen molar-refractivity contribution >= 4 is 5.95 Å². The van der Waals surface area contributed by atoms with E-state index in [1.165, 1.54) is 5.56 Å². The highest BCUT2D eigenvalue weighted by atomic mass is 16.5. The van der Waals surface area contributed by atoms with Crippen molar-refractivity contribution in [3.8, 4) is 11.1 Å². The molecule has 0 aliphatic carbocycles. The maximum Gasteiger partial charge on any atom is 0.222 e. The van der Waals surface area contributed by atoms with Gasteiger partial charge in [-0.2, -0.15) is 0 Å².